The predicted octanol–water partition coefficient (Wildman–Crippen LogP) is 3.37. The Morgan fingerprint density at radius 2 is 2.00 bits per heavy atom. The Hall–Kier alpha value is -2.54. The summed E-state index contributed by atoms with van der Waals surface area (Å²) >= 11 is 5.96. The molecule has 1 saturated heterocycles. The van der Waals surface area contributed by atoms with E-state index in [0.717, 1.165) is 56.1 Å². The number of hydrogen-bond acceptors (Lipinski definition) is 3. The van der Waals surface area contributed by atoms with Crippen molar-refractivity contribution in [2.45, 2.75) is 51.6 Å². The second-order valence-electron chi connectivity index (χ2n) is 8.36. The van der Waals surface area contributed by atoms with Crippen molar-refractivity contribution in [1.82, 2.24) is 25.3 Å². The van der Waals surface area contributed by atoms with Gasteiger partial charge in [-0.15, -0.1) is 0 Å². The Morgan fingerprint density at radius 3 is 2.74 bits per heavy atom. The zero-order chi connectivity index (χ0) is 21.6. The second kappa shape index (κ2) is 10.2. The molecule has 166 valence electrons. The standard InChI is InChI=1S/C23H31ClN6O/c1-2-25-23(28-20-11-12-29(16-20)22(31)18-5-3-4-6-18)26-13-17-14-27-30(15-17)21-9-7-19(24)8-10-21/h7-10,14-15,18,20H,2-6,11-13,16H2,1H3,(H2,25,26,28). The van der Waals surface area contributed by atoms with Crippen LogP contribution in [-0.4, -0.2) is 52.2 Å². The van der Waals surface area contributed by atoms with Crippen LogP contribution in [0.5, 0.6) is 0 Å². The third-order valence-electron chi connectivity index (χ3n) is 6.04. The lowest BCUT2D eigenvalue weighted by Gasteiger charge is -2.21. The molecule has 1 saturated carbocycles. The molecule has 1 atom stereocenters. The van der Waals surface area contributed by atoms with Gasteiger partial charge in [-0.2, -0.15) is 5.10 Å². The van der Waals surface area contributed by atoms with Crippen LogP contribution >= 0.6 is 11.6 Å². The van der Waals surface area contributed by atoms with Crippen LogP contribution in [0.15, 0.2) is 41.7 Å². The number of halogens is 1. The molecule has 0 radical (unpaired) electrons. The van der Waals surface area contributed by atoms with Crippen LogP contribution in [0.1, 0.15) is 44.6 Å². The summed E-state index contributed by atoms with van der Waals surface area (Å²) in [5, 5.41) is 12.0. The van der Waals surface area contributed by atoms with Gasteiger partial charge < -0.3 is 15.5 Å². The van der Waals surface area contributed by atoms with Crippen LogP contribution in [0, 0.1) is 5.92 Å². The lowest BCUT2D eigenvalue weighted by Crippen LogP contribution is -2.45. The van der Waals surface area contributed by atoms with Gasteiger partial charge in [0.2, 0.25) is 5.91 Å². The first-order valence-electron chi connectivity index (χ1n) is 11.3. The molecule has 1 aliphatic heterocycles. The number of guanidine groups is 1. The number of carbonyl (C=O) groups excluding carboxylic acids is 1. The first-order valence-corrected chi connectivity index (χ1v) is 11.6. The maximum atomic E-state index is 12.7. The topological polar surface area (TPSA) is 74.6 Å². The van der Waals surface area contributed by atoms with Crippen LogP contribution in [0.2, 0.25) is 5.02 Å². The fourth-order valence-corrected chi connectivity index (χ4v) is 4.50. The van der Waals surface area contributed by atoms with Crippen molar-refractivity contribution in [3.05, 3.63) is 47.2 Å². The number of benzene rings is 1. The van der Waals surface area contributed by atoms with E-state index in [1.54, 1.807) is 0 Å². The van der Waals surface area contributed by atoms with Gasteiger partial charge in [-0.1, -0.05) is 24.4 Å². The quantitative estimate of drug-likeness (QED) is 0.531. The SMILES string of the molecule is CCNC(=NCc1cnn(-c2ccc(Cl)cc2)c1)NC1CCN(C(=O)C2CCCC2)C1. The molecule has 2 aliphatic rings. The summed E-state index contributed by atoms with van der Waals surface area (Å²) in [7, 11) is 0. The molecule has 0 bridgehead atoms. The van der Waals surface area contributed by atoms with Gasteiger partial charge >= 0.3 is 0 Å². The molecule has 0 spiro atoms. The minimum atomic E-state index is 0.236. The van der Waals surface area contributed by atoms with E-state index >= 15 is 0 Å². The van der Waals surface area contributed by atoms with Crippen LogP contribution in [0.25, 0.3) is 5.69 Å². The molecule has 2 aromatic rings. The Balaban J connectivity index is 1.33. The number of nitrogens with zero attached hydrogens (tertiary/aromatic N) is 4. The lowest BCUT2D eigenvalue weighted by atomic mass is 10.1. The molecule has 2 N–H and O–H groups in total. The smallest absolute Gasteiger partial charge is 0.225 e. The van der Waals surface area contributed by atoms with Crippen molar-refractivity contribution in [1.29, 1.82) is 0 Å². The fourth-order valence-electron chi connectivity index (χ4n) is 4.37. The summed E-state index contributed by atoms with van der Waals surface area (Å²) in [6, 6.07) is 7.82. The second-order valence-corrected chi connectivity index (χ2v) is 8.80. The Kier molecular flexibility index (Phi) is 7.12. The molecule has 7 nitrogen and oxygen atoms in total. The molecule has 2 fully saturated rings. The van der Waals surface area contributed by atoms with E-state index < -0.39 is 0 Å². The molecule has 1 aliphatic carbocycles. The van der Waals surface area contributed by atoms with Gasteiger partial charge in [-0.3, -0.25) is 4.79 Å². The molecular formula is C23H31ClN6O. The number of rotatable bonds is 6. The van der Waals surface area contributed by atoms with Crippen molar-refractivity contribution < 1.29 is 4.79 Å². The zero-order valence-corrected chi connectivity index (χ0v) is 18.8. The molecule has 31 heavy (non-hydrogen) atoms. The number of carbonyl (C=O) groups is 1. The first kappa shape index (κ1) is 21.7. The largest absolute Gasteiger partial charge is 0.357 e. The average molecular weight is 443 g/mol. The van der Waals surface area contributed by atoms with E-state index in [-0.39, 0.29) is 12.0 Å². The molecule has 1 aromatic carbocycles. The van der Waals surface area contributed by atoms with Crippen LogP contribution in [-0.2, 0) is 11.3 Å². The third-order valence-corrected chi connectivity index (χ3v) is 6.29. The monoisotopic (exact) mass is 442 g/mol. The maximum Gasteiger partial charge on any atom is 0.225 e. The minimum Gasteiger partial charge on any atom is -0.357 e. The fraction of sp³-hybridized carbons (Fsp3) is 0.522. The summed E-state index contributed by atoms with van der Waals surface area (Å²) in [6.45, 7) is 4.96. The van der Waals surface area contributed by atoms with Crippen LogP contribution < -0.4 is 10.6 Å². The van der Waals surface area contributed by atoms with Gasteiger partial charge in [-0.05, 0) is 50.5 Å². The Bertz CT molecular complexity index is 903. The number of amides is 1. The summed E-state index contributed by atoms with van der Waals surface area (Å²) in [5.41, 5.74) is 1.99. The predicted molar refractivity (Wildman–Crippen MR) is 123 cm³/mol. The summed E-state index contributed by atoms with van der Waals surface area (Å²) in [4.78, 5) is 19.5. The maximum absolute atomic E-state index is 12.7. The van der Waals surface area contributed by atoms with Crippen molar-refractivity contribution >= 4 is 23.5 Å². The van der Waals surface area contributed by atoms with Gasteiger partial charge in [0.1, 0.15) is 0 Å². The van der Waals surface area contributed by atoms with Gasteiger partial charge in [0.15, 0.2) is 5.96 Å². The highest BCUT2D eigenvalue weighted by Crippen LogP contribution is 2.27. The number of aliphatic imine (C=N–C) groups is 1. The van der Waals surface area contributed by atoms with Crippen molar-refractivity contribution in [2.24, 2.45) is 10.9 Å². The van der Waals surface area contributed by atoms with Gasteiger partial charge in [0.05, 0.1) is 18.4 Å². The number of aromatic nitrogens is 2. The van der Waals surface area contributed by atoms with E-state index in [2.05, 4.69) is 22.7 Å². The third kappa shape index (κ3) is 5.58. The number of likely N-dealkylation sites (tertiary alicyclic amines) is 1. The van der Waals surface area contributed by atoms with E-state index in [9.17, 15) is 4.79 Å². The van der Waals surface area contributed by atoms with Gasteiger partial charge in [-0.25, -0.2) is 9.67 Å². The number of hydrogen-bond donors (Lipinski definition) is 2. The van der Waals surface area contributed by atoms with Crippen LogP contribution in [0.4, 0.5) is 0 Å². The van der Waals surface area contributed by atoms with Gasteiger partial charge in [0, 0.05) is 48.4 Å². The van der Waals surface area contributed by atoms with E-state index in [1.807, 2.05) is 46.2 Å². The van der Waals surface area contributed by atoms with Crippen LogP contribution in [0.3, 0.4) is 0 Å². The van der Waals surface area contributed by atoms with Gasteiger partial charge in [0.25, 0.3) is 0 Å². The number of nitrogens with one attached hydrogen (secondary N) is 2. The normalized spacial score (nSPS) is 19.7. The summed E-state index contributed by atoms with van der Waals surface area (Å²) in [5.74, 6) is 1.37. The van der Waals surface area contributed by atoms with Crippen molar-refractivity contribution in [3.8, 4) is 5.69 Å². The van der Waals surface area contributed by atoms with Crippen molar-refractivity contribution in [2.75, 3.05) is 19.6 Å². The molecule has 4 rings (SSSR count). The summed E-state index contributed by atoms with van der Waals surface area (Å²) < 4.78 is 1.82. The zero-order valence-electron chi connectivity index (χ0n) is 18.1. The molecule has 1 unspecified atom stereocenters. The highest BCUT2D eigenvalue weighted by molar-refractivity contribution is 6.30. The Labute approximate surface area is 188 Å². The van der Waals surface area contributed by atoms with E-state index in [0.29, 0.717) is 17.5 Å². The van der Waals surface area contributed by atoms with Crippen molar-refractivity contribution in [3.63, 3.8) is 0 Å². The highest BCUT2D eigenvalue weighted by atomic mass is 35.5. The molecule has 1 amide bonds. The molecule has 2 heterocycles. The molecule has 1 aromatic heterocycles. The van der Waals surface area contributed by atoms with E-state index in [4.69, 9.17) is 16.6 Å². The summed E-state index contributed by atoms with van der Waals surface area (Å²) in [6.07, 6.45) is 9.27. The molecular weight excluding hydrogens is 412 g/mol. The molecule has 8 heteroatoms. The average Bonchev–Trinajstić information content (AvgIpc) is 3.54. The highest BCUT2D eigenvalue weighted by Gasteiger charge is 2.32. The lowest BCUT2D eigenvalue weighted by molar-refractivity contribution is -0.134. The Morgan fingerprint density at radius 1 is 1.23 bits per heavy atom. The first-order chi connectivity index (χ1) is 15.1. The van der Waals surface area contributed by atoms with E-state index in [1.165, 1.54) is 12.8 Å². The minimum absolute atomic E-state index is 0.236.